The number of unbranched alkanes of at least 4 members (excludes halogenated alkanes) is 1. The molecule has 0 saturated carbocycles. The van der Waals surface area contributed by atoms with Crippen molar-refractivity contribution in [2.75, 3.05) is 18.5 Å². The van der Waals surface area contributed by atoms with Crippen LogP contribution in [0.25, 0.3) is 0 Å². The molecule has 2 amide bonds. The number of benzene rings is 1. The number of nitrogens with one attached hydrogen (secondary N) is 2. The molecule has 0 heterocycles. The summed E-state index contributed by atoms with van der Waals surface area (Å²) in [5.74, 6) is -0.794. The molecule has 6 heteroatoms. The zero-order valence-electron chi connectivity index (χ0n) is 13.1. The highest BCUT2D eigenvalue weighted by molar-refractivity contribution is 6.39. The second-order valence-electron chi connectivity index (χ2n) is 4.94. The Balaban J connectivity index is 2.48. The monoisotopic (exact) mass is 308 g/mol. The average molecular weight is 308 g/mol. The smallest absolute Gasteiger partial charge is 0.313 e. The molecule has 0 unspecified atom stereocenters. The van der Waals surface area contributed by atoms with Crippen molar-refractivity contribution >= 4 is 17.5 Å². The van der Waals surface area contributed by atoms with E-state index in [1.54, 1.807) is 24.3 Å². The number of hydrogen-bond donors (Lipinski definition) is 3. The zero-order valence-corrected chi connectivity index (χ0v) is 13.1. The maximum Gasteiger partial charge on any atom is 0.313 e. The van der Waals surface area contributed by atoms with Crippen molar-refractivity contribution < 1.29 is 19.4 Å². The van der Waals surface area contributed by atoms with Gasteiger partial charge in [0, 0.05) is 5.69 Å². The number of amides is 2. The molecule has 22 heavy (non-hydrogen) atoms. The number of aliphatic hydroxyl groups is 1. The summed E-state index contributed by atoms with van der Waals surface area (Å²) in [5, 5.41) is 14.0. The van der Waals surface area contributed by atoms with Gasteiger partial charge in [0.25, 0.3) is 0 Å². The van der Waals surface area contributed by atoms with Gasteiger partial charge in [-0.2, -0.15) is 0 Å². The molecule has 0 aliphatic heterocycles. The minimum absolute atomic E-state index is 0.195. The van der Waals surface area contributed by atoms with Crippen LogP contribution in [0.5, 0.6) is 5.75 Å². The van der Waals surface area contributed by atoms with Crippen LogP contribution in [0.3, 0.4) is 0 Å². The number of anilines is 1. The first-order chi connectivity index (χ1) is 10.6. The lowest BCUT2D eigenvalue weighted by Crippen LogP contribution is -2.43. The van der Waals surface area contributed by atoms with Crippen molar-refractivity contribution in [3.63, 3.8) is 0 Å². The van der Waals surface area contributed by atoms with E-state index in [-0.39, 0.29) is 6.61 Å². The van der Waals surface area contributed by atoms with Gasteiger partial charge in [-0.25, -0.2) is 0 Å². The fourth-order valence-corrected chi connectivity index (χ4v) is 1.68. The fourth-order valence-electron chi connectivity index (χ4n) is 1.68. The van der Waals surface area contributed by atoms with E-state index in [0.717, 1.165) is 18.6 Å². The van der Waals surface area contributed by atoms with E-state index in [4.69, 9.17) is 9.84 Å². The molecule has 1 aromatic carbocycles. The lowest BCUT2D eigenvalue weighted by molar-refractivity contribution is -0.136. The number of ether oxygens (including phenoxy) is 1. The molecule has 0 saturated heterocycles. The molecule has 0 spiro atoms. The summed E-state index contributed by atoms with van der Waals surface area (Å²) in [4.78, 5) is 23.4. The number of carbonyl (C=O) groups excluding carboxylic acids is 2. The number of carbonyl (C=O) groups is 2. The van der Waals surface area contributed by atoms with E-state index in [1.807, 2.05) is 6.92 Å². The van der Waals surface area contributed by atoms with E-state index in [0.29, 0.717) is 18.7 Å². The predicted octanol–water partition coefficient (Wildman–Crippen LogP) is 1.69. The molecular formula is C16H24N2O4. The van der Waals surface area contributed by atoms with Gasteiger partial charge in [-0.1, -0.05) is 20.3 Å². The van der Waals surface area contributed by atoms with Crippen LogP contribution in [0.15, 0.2) is 24.3 Å². The molecule has 3 N–H and O–H groups in total. The Bertz CT molecular complexity index is 470. The van der Waals surface area contributed by atoms with Gasteiger partial charge in [0.15, 0.2) is 0 Å². The van der Waals surface area contributed by atoms with Crippen LogP contribution in [0.1, 0.15) is 33.1 Å². The number of hydrogen-bond acceptors (Lipinski definition) is 4. The number of rotatable bonds is 8. The second-order valence-corrected chi connectivity index (χ2v) is 4.94. The first-order valence-corrected chi connectivity index (χ1v) is 7.56. The molecular weight excluding hydrogens is 284 g/mol. The van der Waals surface area contributed by atoms with Crippen molar-refractivity contribution in [2.24, 2.45) is 0 Å². The summed E-state index contributed by atoms with van der Waals surface area (Å²) in [5.41, 5.74) is 0.514. The van der Waals surface area contributed by atoms with Gasteiger partial charge in [0.05, 0.1) is 19.3 Å². The molecule has 1 atom stereocenters. The highest BCUT2D eigenvalue weighted by atomic mass is 16.5. The minimum Gasteiger partial charge on any atom is -0.494 e. The van der Waals surface area contributed by atoms with E-state index in [1.165, 1.54) is 0 Å². The summed E-state index contributed by atoms with van der Waals surface area (Å²) in [6.07, 6.45) is 2.61. The van der Waals surface area contributed by atoms with Crippen molar-refractivity contribution in [2.45, 2.75) is 39.2 Å². The predicted molar refractivity (Wildman–Crippen MR) is 84.8 cm³/mol. The molecule has 1 aromatic rings. The first-order valence-electron chi connectivity index (χ1n) is 7.56. The molecule has 0 fully saturated rings. The molecule has 0 radical (unpaired) electrons. The quantitative estimate of drug-likeness (QED) is 0.504. The normalized spacial score (nSPS) is 11.6. The van der Waals surface area contributed by atoms with Crippen LogP contribution >= 0.6 is 0 Å². The Morgan fingerprint density at radius 3 is 2.41 bits per heavy atom. The summed E-state index contributed by atoms with van der Waals surface area (Å²) < 4.78 is 5.52. The maximum atomic E-state index is 11.7. The van der Waals surface area contributed by atoms with Crippen LogP contribution in [0, 0.1) is 0 Å². The van der Waals surface area contributed by atoms with Gasteiger partial charge < -0.3 is 20.5 Å². The standard InChI is InChI=1S/C16H24N2O4/c1-3-5-10-22-14-8-6-13(7-9-14)18-16(21)15(20)17-12(4-2)11-19/h6-9,12,19H,3-5,10-11H2,1-2H3,(H,17,20)(H,18,21)/t12-/m1/s1. The van der Waals surface area contributed by atoms with E-state index in [9.17, 15) is 9.59 Å². The molecule has 0 aliphatic carbocycles. The van der Waals surface area contributed by atoms with Crippen LogP contribution in [0.2, 0.25) is 0 Å². The highest BCUT2D eigenvalue weighted by Crippen LogP contribution is 2.16. The Labute approximate surface area is 130 Å². The molecule has 122 valence electrons. The SMILES string of the molecule is CCCCOc1ccc(NC(=O)C(=O)N[C@H](CC)CO)cc1. The van der Waals surface area contributed by atoms with Crippen molar-refractivity contribution in [1.82, 2.24) is 5.32 Å². The highest BCUT2D eigenvalue weighted by Gasteiger charge is 2.17. The van der Waals surface area contributed by atoms with Gasteiger partial charge in [0.1, 0.15) is 5.75 Å². The van der Waals surface area contributed by atoms with E-state index in [2.05, 4.69) is 17.6 Å². The Hall–Kier alpha value is -2.08. The molecule has 1 rings (SSSR count). The topological polar surface area (TPSA) is 87.7 Å². The maximum absolute atomic E-state index is 11.7. The average Bonchev–Trinajstić information content (AvgIpc) is 2.54. The minimum atomic E-state index is -0.760. The van der Waals surface area contributed by atoms with Gasteiger partial charge in [-0.15, -0.1) is 0 Å². The Morgan fingerprint density at radius 1 is 1.18 bits per heavy atom. The third-order valence-electron chi connectivity index (χ3n) is 3.13. The van der Waals surface area contributed by atoms with Gasteiger partial charge in [0.2, 0.25) is 0 Å². The van der Waals surface area contributed by atoms with Crippen molar-refractivity contribution in [3.05, 3.63) is 24.3 Å². The molecule has 0 aromatic heterocycles. The summed E-state index contributed by atoms with van der Waals surface area (Å²) in [6, 6.07) is 6.43. The van der Waals surface area contributed by atoms with Crippen molar-refractivity contribution in [3.8, 4) is 5.75 Å². The summed E-state index contributed by atoms with van der Waals surface area (Å²) >= 11 is 0. The summed E-state index contributed by atoms with van der Waals surface area (Å²) in [6.45, 7) is 4.37. The second kappa shape index (κ2) is 9.78. The largest absolute Gasteiger partial charge is 0.494 e. The molecule has 0 bridgehead atoms. The Morgan fingerprint density at radius 2 is 1.86 bits per heavy atom. The lowest BCUT2D eigenvalue weighted by atomic mass is 10.2. The van der Waals surface area contributed by atoms with Crippen LogP contribution in [-0.2, 0) is 9.59 Å². The van der Waals surface area contributed by atoms with E-state index < -0.39 is 17.9 Å². The van der Waals surface area contributed by atoms with Gasteiger partial charge >= 0.3 is 11.8 Å². The van der Waals surface area contributed by atoms with Gasteiger partial charge in [-0.3, -0.25) is 9.59 Å². The van der Waals surface area contributed by atoms with Crippen molar-refractivity contribution in [1.29, 1.82) is 0 Å². The first kappa shape index (κ1) is 18.0. The Kier molecular flexibility index (Phi) is 7.99. The van der Waals surface area contributed by atoms with Crippen LogP contribution in [0.4, 0.5) is 5.69 Å². The van der Waals surface area contributed by atoms with Crippen LogP contribution < -0.4 is 15.4 Å². The third kappa shape index (κ3) is 6.13. The van der Waals surface area contributed by atoms with E-state index >= 15 is 0 Å². The summed E-state index contributed by atoms with van der Waals surface area (Å²) in [7, 11) is 0. The number of aliphatic hydroxyl groups excluding tert-OH is 1. The lowest BCUT2D eigenvalue weighted by Gasteiger charge is -2.13. The van der Waals surface area contributed by atoms with Gasteiger partial charge in [-0.05, 0) is 37.1 Å². The third-order valence-corrected chi connectivity index (χ3v) is 3.13. The van der Waals surface area contributed by atoms with Crippen LogP contribution in [-0.4, -0.2) is 36.2 Å². The molecule has 6 nitrogen and oxygen atoms in total. The molecule has 0 aliphatic rings. The zero-order chi connectivity index (χ0) is 16.4. The fraction of sp³-hybridized carbons (Fsp3) is 0.500.